The molecule has 51 heavy (non-hydrogen) atoms. The molecule has 5 aliphatic rings. The van der Waals surface area contributed by atoms with Gasteiger partial charge in [-0.3, -0.25) is 9.69 Å². The molecule has 2 N–H and O–H groups in total. The number of rotatable bonds is 3. The number of benzene rings is 2. The molecule has 278 valence electrons. The summed E-state index contributed by atoms with van der Waals surface area (Å²) < 4.78 is 42.9. The van der Waals surface area contributed by atoms with Crippen LogP contribution >= 0.6 is 11.6 Å². The van der Waals surface area contributed by atoms with Crippen LogP contribution in [-0.2, 0) is 26.6 Å². The van der Waals surface area contributed by atoms with E-state index in [4.69, 9.17) is 21.1 Å². The molecule has 3 aliphatic heterocycles. The van der Waals surface area contributed by atoms with E-state index in [-0.39, 0.29) is 17.3 Å². The molecule has 1 saturated carbocycles. The summed E-state index contributed by atoms with van der Waals surface area (Å²) >= 11 is 6.49. The number of nitrogens with zero attached hydrogens (tertiary/aromatic N) is 2. The average molecular weight is 739 g/mol. The predicted molar refractivity (Wildman–Crippen MR) is 203 cm³/mol. The molecule has 2 fully saturated rings. The first kappa shape index (κ1) is 36.7. The number of allylic oxidation sites excluding steroid dienone is 1. The van der Waals surface area contributed by atoms with Crippen molar-refractivity contribution in [3.8, 4) is 5.75 Å². The maximum absolute atomic E-state index is 13.6. The fraction of sp³-hybridized carbons (Fsp3) is 0.625. The molecule has 1 spiro atoms. The summed E-state index contributed by atoms with van der Waals surface area (Å²) in [6, 6.07) is 12.4. The minimum Gasteiger partial charge on any atom is -0.490 e. The maximum atomic E-state index is 13.6. The Morgan fingerprint density at radius 2 is 1.82 bits per heavy atom. The van der Waals surface area contributed by atoms with Crippen molar-refractivity contribution in [1.29, 1.82) is 0 Å². The average Bonchev–Trinajstić information content (AvgIpc) is 3.21. The number of carbonyl (C=O) groups is 1. The fourth-order valence-electron chi connectivity index (χ4n) is 9.73. The van der Waals surface area contributed by atoms with E-state index in [9.17, 15) is 13.2 Å². The first-order valence-corrected chi connectivity index (χ1v) is 20.8. The molecule has 2 aromatic carbocycles. The highest BCUT2D eigenvalue weighted by Gasteiger charge is 2.50. The molecule has 0 unspecified atom stereocenters. The van der Waals surface area contributed by atoms with Crippen molar-refractivity contribution in [3.63, 3.8) is 0 Å². The fourth-order valence-corrected chi connectivity index (χ4v) is 11.2. The maximum Gasteiger partial charge on any atom is 0.264 e. The summed E-state index contributed by atoms with van der Waals surface area (Å²) in [5, 5.41) is 3.64. The van der Waals surface area contributed by atoms with E-state index in [2.05, 4.69) is 58.0 Å². The molecule has 7 rings (SSSR count). The van der Waals surface area contributed by atoms with E-state index < -0.39 is 26.8 Å². The van der Waals surface area contributed by atoms with Gasteiger partial charge < -0.3 is 19.7 Å². The lowest BCUT2D eigenvalue weighted by Gasteiger charge is -2.52. The molecule has 0 aromatic heterocycles. The first-order chi connectivity index (χ1) is 24.3. The van der Waals surface area contributed by atoms with Crippen molar-refractivity contribution >= 4 is 33.2 Å². The van der Waals surface area contributed by atoms with Crippen LogP contribution in [0.2, 0.25) is 5.02 Å². The molecule has 8 atom stereocenters. The van der Waals surface area contributed by atoms with Gasteiger partial charge in [0.25, 0.3) is 5.91 Å². The van der Waals surface area contributed by atoms with Gasteiger partial charge in [0.15, 0.2) is 0 Å². The van der Waals surface area contributed by atoms with Gasteiger partial charge in [-0.2, -0.15) is 0 Å². The Morgan fingerprint density at radius 1 is 1.04 bits per heavy atom. The number of fused-ring (bicyclic) bond motifs is 4. The number of amides is 1. The molecule has 3 heterocycles. The van der Waals surface area contributed by atoms with Crippen LogP contribution in [0.1, 0.15) is 81.3 Å². The van der Waals surface area contributed by atoms with Gasteiger partial charge in [-0.1, -0.05) is 36.7 Å². The van der Waals surface area contributed by atoms with E-state index in [0.29, 0.717) is 42.3 Å². The van der Waals surface area contributed by atoms with Crippen molar-refractivity contribution < 1.29 is 22.7 Å². The zero-order valence-electron chi connectivity index (χ0n) is 30.8. The number of nitrogens with one attached hydrogen (secondary N) is 2. The van der Waals surface area contributed by atoms with Crippen LogP contribution in [0.25, 0.3) is 0 Å². The lowest BCUT2D eigenvalue weighted by Crippen LogP contribution is -2.61. The summed E-state index contributed by atoms with van der Waals surface area (Å²) in [6.45, 7) is 12.8. The highest BCUT2D eigenvalue weighted by molar-refractivity contribution is 7.90. The van der Waals surface area contributed by atoms with Gasteiger partial charge in [0, 0.05) is 67.9 Å². The largest absolute Gasteiger partial charge is 0.490 e. The van der Waals surface area contributed by atoms with Gasteiger partial charge in [-0.25, -0.2) is 13.1 Å². The summed E-state index contributed by atoms with van der Waals surface area (Å²) in [7, 11) is -2.10. The summed E-state index contributed by atoms with van der Waals surface area (Å²) in [5.74, 6) is 0.483. The minimum atomic E-state index is -3.95. The summed E-state index contributed by atoms with van der Waals surface area (Å²) in [5.41, 5.74) is 2.90. The lowest BCUT2D eigenvalue weighted by atomic mass is 9.63. The topological polar surface area (TPSA) is 100 Å². The third-order valence-electron chi connectivity index (χ3n) is 12.7. The van der Waals surface area contributed by atoms with Crippen LogP contribution in [-0.4, -0.2) is 88.6 Å². The van der Waals surface area contributed by atoms with E-state index in [1.54, 1.807) is 13.0 Å². The van der Waals surface area contributed by atoms with Crippen LogP contribution in [0.4, 0.5) is 5.69 Å². The molecule has 11 heteroatoms. The number of piperazine rings is 1. The molecule has 2 bridgehead atoms. The molecule has 2 aromatic rings. The molecule has 9 nitrogen and oxygen atoms in total. The van der Waals surface area contributed by atoms with Crippen LogP contribution in [0.15, 0.2) is 48.6 Å². The number of hydrogen-bond donors (Lipinski definition) is 2. The van der Waals surface area contributed by atoms with Crippen molar-refractivity contribution in [1.82, 2.24) is 14.9 Å². The van der Waals surface area contributed by atoms with Crippen LogP contribution in [0.5, 0.6) is 5.75 Å². The van der Waals surface area contributed by atoms with Gasteiger partial charge in [0.05, 0.1) is 17.5 Å². The van der Waals surface area contributed by atoms with Crippen LogP contribution in [0.3, 0.4) is 0 Å². The van der Waals surface area contributed by atoms with Gasteiger partial charge in [-0.05, 0) is 119 Å². The Morgan fingerprint density at radius 3 is 2.55 bits per heavy atom. The Kier molecular flexibility index (Phi) is 10.3. The smallest absolute Gasteiger partial charge is 0.264 e. The van der Waals surface area contributed by atoms with Crippen molar-refractivity contribution in [3.05, 3.63) is 70.3 Å². The van der Waals surface area contributed by atoms with E-state index in [0.717, 1.165) is 75.5 Å². The van der Waals surface area contributed by atoms with Gasteiger partial charge >= 0.3 is 0 Å². The lowest BCUT2D eigenvalue weighted by molar-refractivity contribution is -0.0951. The number of halogens is 1. The highest BCUT2D eigenvalue weighted by Crippen LogP contribution is 2.49. The Balaban J connectivity index is 1.32. The Hall–Kier alpha value is -2.63. The SMILES string of the molecule is CO[C@]1(CN2C[C@@H](C)N[C@@H](C)C2)/C=C/C[C@H](C)[C@@H](C)S(=O)(=O)NC(=O)c2ccc3c(c2)N(C[C@@H]2CC[C@H]21)C[C@@]1(CCCc2cc(Cl)ccc21)CO3. The third-order valence-corrected chi connectivity index (χ3v) is 14.9. The Labute approximate surface area is 309 Å². The second-order valence-electron chi connectivity index (χ2n) is 16.3. The summed E-state index contributed by atoms with van der Waals surface area (Å²) in [4.78, 5) is 18.6. The third kappa shape index (κ3) is 7.20. The normalized spacial score (nSPS) is 36.1. The molecular formula is C40H55ClN4O5S. The number of carbonyl (C=O) groups excluding carboxylic acids is 1. The standard InChI is InChI=1S/C40H55ClN4O5S/c1-26-8-6-17-40(49-5,24-44-20-27(2)42-28(3)21-44)35-13-10-32(35)22-45-23-39(16-7-9-30-18-33(41)12-14-34(30)39)25-50-37-15-11-31(19-36(37)45)38(46)43-51(47,48)29(26)4/h6,11-12,14-15,17-19,26-29,32,35,42H,7-10,13,16,20-25H2,1-5H3,(H,43,46)/b17-6+/t26-,27-,28+,29+,32-,35+,39-,40-/m0/s1. The van der Waals surface area contributed by atoms with Gasteiger partial charge in [0.1, 0.15) is 11.4 Å². The van der Waals surface area contributed by atoms with Crippen molar-refractivity contribution in [2.45, 2.75) is 94.6 Å². The monoisotopic (exact) mass is 738 g/mol. The highest BCUT2D eigenvalue weighted by atomic mass is 35.5. The van der Waals surface area contributed by atoms with Gasteiger partial charge in [0.2, 0.25) is 10.0 Å². The van der Waals surface area contributed by atoms with E-state index in [1.165, 1.54) is 11.1 Å². The number of sulfonamides is 1. The molecule has 1 amide bonds. The van der Waals surface area contributed by atoms with Crippen molar-refractivity contribution in [2.75, 3.05) is 51.3 Å². The zero-order valence-corrected chi connectivity index (χ0v) is 32.4. The first-order valence-electron chi connectivity index (χ1n) is 18.9. The van der Waals surface area contributed by atoms with E-state index >= 15 is 0 Å². The van der Waals surface area contributed by atoms with Crippen LogP contribution < -0.4 is 19.7 Å². The van der Waals surface area contributed by atoms with E-state index in [1.807, 2.05) is 32.2 Å². The second kappa shape index (κ2) is 14.3. The molecular weight excluding hydrogens is 684 g/mol. The number of anilines is 1. The quantitative estimate of drug-likeness (QED) is 0.373. The zero-order chi connectivity index (χ0) is 36.1. The van der Waals surface area contributed by atoms with Gasteiger partial charge in [-0.15, -0.1) is 0 Å². The summed E-state index contributed by atoms with van der Waals surface area (Å²) in [6.07, 6.45) is 10.1. The number of ether oxygens (including phenoxy) is 2. The number of methoxy groups -OCH3 is 1. The van der Waals surface area contributed by atoms with Crippen molar-refractivity contribution in [2.24, 2.45) is 17.8 Å². The second-order valence-corrected chi connectivity index (χ2v) is 18.8. The minimum absolute atomic E-state index is 0.217. The molecule has 0 radical (unpaired) electrons. The number of hydrogen-bond acceptors (Lipinski definition) is 8. The van der Waals surface area contributed by atoms with Crippen LogP contribution in [0, 0.1) is 17.8 Å². The molecule has 2 aliphatic carbocycles. The number of aryl methyl sites for hydroxylation is 1. The Bertz CT molecular complexity index is 1760. The molecule has 1 saturated heterocycles. The predicted octanol–water partition coefficient (Wildman–Crippen LogP) is 5.95.